The molecule has 2 aliphatic rings. The molecule has 0 aromatic heterocycles. The van der Waals surface area contributed by atoms with E-state index in [1.54, 1.807) is 18.2 Å². The van der Waals surface area contributed by atoms with Crippen LogP contribution in [0.3, 0.4) is 0 Å². The average molecular weight is 177 g/mol. The van der Waals surface area contributed by atoms with Gasteiger partial charge in [-0.25, -0.2) is 0 Å². The van der Waals surface area contributed by atoms with Crippen molar-refractivity contribution in [2.45, 2.75) is 6.04 Å². The zero-order valence-corrected chi connectivity index (χ0v) is 6.84. The van der Waals surface area contributed by atoms with Crippen molar-refractivity contribution in [3.63, 3.8) is 0 Å². The van der Waals surface area contributed by atoms with Crippen LogP contribution < -0.4 is 5.48 Å². The maximum absolute atomic E-state index is 11.3. The highest BCUT2D eigenvalue weighted by atomic mass is 16.5. The first-order valence-electron chi connectivity index (χ1n) is 3.96. The van der Waals surface area contributed by atoms with E-state index in [-0.39, 0.29) is 6.04 Å². The average Bonchev–Trinajstić information content (AvgIpc) is 2.19. The molecule has 0 aromatic carbocycles. The third kappa shape index (κ3) is 1.21. The number of nitroso groups, excluding NO2 is 1. The first-order valence-corrected chi connectivity index (χ1v) is 3.96. The Morgan fingerprint density at radius 1 is 1.38 bits per heavy atom. The molecule has 0 saturated heterocycles. The highest BCUT2D eigenvalue weighted by molar-refractivity contribution is 5.42. The molecular weight excluding hydrogens is 168 g/mol. The van der Waals surface area contributed by atoms with Crippen molar-refractivity contribution in [2.75, 3.05) is 0 Å². The molecule has 0 amide bonds. The first kappa shape index (κ1) is 7.94. The predicted octanol–water partition coefficient (Wildman–Crippen LogP) is 1.02. The molecule has 1 atom stereocenters. The van der Waals surface area contributed by atoms with Crippen LogP contribution in [0.2, 0.25) is 0 Å². The summed E-state index contributed by atoms with van der Waals surface area (Å²) in [6.07, 6.45) is 10.2. The number of hydrogen-bond acceptors (Lipinski definition) is 3. The molecule has 1 heterocycles. The predicted molar refractivity (Wildman–Crippen MR) is 46.8 cm³/mol. The van der Waals surface area contributed by atoms with Crippen LogP contribution in [0.15, 0.2) is 47.9 Å². The second-order valence-corrected chi connectivity index (χ2v) is 2.85. The number of rotatable bonds is 1. The van der Waals surface area contributed by atoms with Crippen molar-refractivity contribution in [2.24, 2.45) is 0 Å². The van der Waals surface area contributed by atoms with E-state index >= 15 is 0 Å². The van der Waals surface area contributed by atoms with Crippen LogP contribution in [-0.4, -0.2) is 16.0 Å². The van der Waals surface area contributed by atoms with Gasteiger partial charge < -0.3 is 0 Å². The van der Waals surface area contributed by atoms with Gasteiger partial charge in [0, 0.05) is 15.7 Å². The molecule has 4 nitrogen and oxygen atoms in total. The van der Waals surface area contributed by atoms with Crippen molar-refractivity contribution >= 4 is 0 Å². The zero-order valence-electron chi connectivity index (χ0n) is 6.84. The topological polar surface area (TPSA) is 52.3 Å². The molecule has 66 valence electrons. The Kier molecular flexibility index (Phi) is 1.83. The van der Waals surface area contributed by atoms with Crippen molar-refractivity contribution in [3.8, 4) is 0 Å². The highest BCUT2D eigenvalue weighted by Crippen LogP contribution is 2.21. The van der Waals surface area contributed by atoms with E-state index in [1.807, 2.05) is 12.2 Å². The molecule has 2 rings (SSSR count). The molecule has 0 aromatic rings. The maximum atomic E-state index is 11.3. The van der Waals surface area contributed by atoms with E-state index in [0.717, 1.165) is 10.3 Å². The lowest BCUT2D eigenvalue weighted by molar-refractivity contribution is -0.499. The van der Waals surface area contributed by atoms with E-state index in [0.29, 0.717) is 5.70 Å². The van der Waals surface area contributed by atoms with Gasteiger partial charge in [-0.15, -0.1) is 0 Å². The Hall–Kier alpha value is -1.68. The van der Waals surface area contributed by atoms with Crippen LogP contribution in [0.25, 0.3) is 0 Å². The van der Waals surface area contributed by atoms with E-state index in [9.17, 15) is 4.91 Å². The van der Waals surface area contributed by atoms with Gasteiger partial charge in [-0.3, -0.25) is 10.7 Å². The molecule has 2 N–H and O–H groups in total. The van der Waals surface area contributed by atoms with Crippen molar-refractivity contribution < 1.29 is 9.97 Å². The molecule has 0 bridgehead atoms. The van der Waals surface area contributed by atoms with Gasteiger partial charge in [0.1, 0.15) is 0 Å². The van der Waals surface area contributed by atoms with Crippen LogP contribution in [0.4, 0.5) is 0 Å². The minimum Gasteiger partial charge on any atom is -0.291 e. The summed E-state index contributed by atoms with van der Waals surface area (Å²) in [5, 5.41) is 8.78. The van der Waals surface area contributed by atoms with Gasteiger partial charge in [0.25, 0.3) is 6.04 Å². The smallest absolute Gasteiger partial charge is 0.253 e. The van der Waals surface area contributed by atoms with E-state index in [2.05, 4.69) is 5.48 Å². The minimum absolute atomic E-state index is 0.315. The normalized spacial score (nSPS) is 25.0. The number of hydrogen-bond donors (Lipinski definition) is 2. The quantitative estimate of drug-likeness (QED) is 0.464. The van der Waals surface area contributed by atoms with E-state index in [1.165, 1.54) is 6.20 Å². The summed E-state index contributed by atoms with van der Waals surface area (Å²) in [7, 11) is 0. The third-order valence-corrected chi connectivity index (χ3v) is 2.09. The second-order valence-electron chi connectivity index (χ2n) is 2.85. The molecule has 1 aliphatic carbocycles. The summed E-state index contributed by atoms with van der Waals surface area (Å²) in [6, 6.07) is -0.315. The van der Waals surface area contributed by atoms with Gasteiger partial charge in [-0.1, -0.05) is 12.2 Å². The Morgan fingerprint density at radius 3 is 3.00 bits per heavy atom. The highest BCUT2D eigenvalue weighted by Gasteiger charge is 2.30. The largest absolute Gasteiger partial charge is 0.291 e. The first-order chi connectivity index (χ1) is 6.33. The van der Waals surface area contributed by atoms with Crippen LogP contribution in [0.5, 0.6) is 0 Å². The molecule has 13 heavy (non-hydrogen) atoms. The van der Waals surface area contributed by atoms with Crippen molar-refractivity contribution in [3.05, 3.63) is 52.8 Å². The molecule has 1 unspecified atom stereocenters. The van der Waals surface area contributed by atoms with Gasteiger partial charge in [-0.05, 0) is 12.2 Å². The summed E-state index contributed by atoms with van der Waals surface area (Å²) in [5.74, 6) is 0. The lowest BCUT2D eigenvalue weighted by Crippen LogP contribution is -2.27. The Morgan fingerprint density at radius 2 is 2.23 bits per heavy atom. The van der Waals surface area contributed by atoms with Gasteiger partial charge in [-0.2, -0.15) is 0 Å². The third-order valence-electron chi connectivity index (χ3n) is 2.09. The molecular formula is C9H9N2O2+. The Labute approximate surface area is 75.1 Å². The van der Waals surface area contributed by atoms with Gasteiger partial charge in [0.15, 0.2) is 0 Å². The lowest BCUT2D eigenvalue weighted by atomic mass is 9.98. The van der Waals surface area contributed by atoms with Gasteiger partial charge in [0.2, 0.25) is 6.20 Å². The summed E-state index contributed by atoms with van der Waals surface area (Å²) in [5.41, 5.74) is 3.41. The summed E-state index contributed by atoms with van der Waals surface area (Å²) >= 11 is 0. The molecule has 0 spiro atoms. The molecule has 4 heteroatoms. The van der Waals surface area contributed by atoms with Crippen molar-refractivity contribution in [1.82, 2.24) is 5.48 Å². The van der Waals surface area contributed by atoms with Crippen LogP contribution in [-0.2, 0) is 0 Å². The van der Waals surface area contributed by atoms with Crippen LogP contribution in [0, 0.1) is 4.91 Å². The molecule has 1 aliphatic heterocycles. The lowest BCUT2D eigenvalue weighted by Gasteiger charge is -2.14. The van der Waals surface area contributed by atoms with Crippen LogP contribution in [0.1, 0.15) is 0 Å². The fourth-order valence-electron chi connectivity index (χ4n) is 1.44. The number of nitrogens with zero attached hydrogens (tertiary/aromatic N) is 1. The maximum Gasteiger partial charge on any atom is 0.253 e. The van der Waals surface area contributed by atoms with Crippen molar-refractivity contribution in [1.29, 1.82) is 0 Å². The van der Waals surface area contributed by atoms with E-state index in [4.69, 9.17) is 5.21 Å². The summed E-state index contributed by atoms with van der Waals surface area (Å²) in [4.78, 5) is 11.3. The minimum atomic E-state index is -0.315. The molecule has 0 saturated carbocycles. The van der Waals surface area contributed by atoms with Crippen LogP contribution >= 0.6 is 0 Å². The molecule has 0 fully saturated rings. The number of allylic oxidation sites excluding steroid dienone is 3. The van der Waals surface area contributed by atoms with E-state index < -0.39 is 0 Å². The standard InChI is InChI=1S/C9H9N2O2/c12-10-8-5-6-11(13)9-4-2-1-3-7(8)9/h1-6,9-10,12H/q+1. The Balaban J connectivity index is 2.48. The summed E-state index contributed by atoms with van der Waals surface area (Å²) < 4.78 is 0.843. The number of nitrogens with one attached hydrogen (secondary N) is 1. The summed E-state index contributed by atoms with van der Waals surface area (Å²) in [6.45, 7) is 0. The van der Waals surface area contributed by atoms with Gasteiger partial charge >= 0.3 is 0 Å². The van der Waals surface area contributed by atoms with Gasteiger partial charge in [0.05, 0.1) is 11.3 Å². The number of hydroxylamine groups is 1. The molecule has 0 radical (unpaired) electrons. The fraction of sp³-hybridized carbons (Fsp3) is 0.111. The fourth-order valence-corrected chi connectivity index (χ4v) is 1.44. The Bertz CT molecular complexity index is 364. The number of fused-ring (bicyclic) bond motifs is 1. The second kappa shape index (κ2) is 2.99. The monoisotopic (exact) mass is 177 g/mol. The zero-order chi connectivity index (χ0) is 9.26. The SMILES string of the molecule is O=[N+]1C=CC(NO)=C2C=CC=CC21.